The standard InChI is InChI=1S/C22H33Cl2N3O7/c1-13(2)12-22(32,14(3)19(29)27-33)21(31)26-18(20(30)25-6-8-34-9-7-28)11-15-4-5-16(23)17(24)10-15/h4-5,10,13-14,18,28,32-33H,6-9,11-12H2,1-3H3,(H,25,30)(H,26,31)(H,27,29)/t14-,18+,22+/m1/s1. The van der Waals surface area contributed by atoms with Crippen LogP contribution in [0.1, 0.15) is 32.8 Å². The number of hydrogen-bond acceptors (Lipinski definition) is 7. The Kier molecular flexibility index (Phi) is 12.8. The molecule has 0 saturated heterocycles. The second-order valence-corrected chi connectivity index (χ2v) is 9.14. The largest absolute Gasteiger partial charge is 0.394 e. The normalized spacial score (nSPS) is 14.7. The molecule has 0 fully saturated rings. The summed E-state index contributed by atoms with van der Waals surface area (Å²) >= 11 is 12.0. The number of carbonyl (C=O) groups is 3. The van der Waals surface area contributed by atoms with Crippen LogP contribution in [-0.4, -0.2) is 71.2 Å². The maximum Gasteiger partial charge on any atom is 0.253 e. The number of aliphatic hydroxyl groups is 2. The van der Waals surface area contributed by atoms with Crippen molar-refractivity contribution in [1.82, 2.24) is 16.1 Å². The predicted octanol–water partition coefficient (Wildman–Crippen LogP) is 1.06. The number of benzene rings is 1. The molecule has 12 heteroatoms. The van der Waals surface area contributed by atoms with Gasteiger partial charge in [0.2, 0.25) is 11.8 Å². The van der Waals surface area contributed by atoms with Gasteiger partial charge in [0.05, 0.1) is 35.8 Å². The second-order valence-electron chi connectivity index (χ2n) is 8.33. The third-order valence-electron chi connectivity index (χ3n) is 5.16. The van der Waals surface area contributed by atoms with Gasteiger partial charge < -0.3 is 25.6 Å². The number of nitrogens with one attached hydrogen (secondary N) is 3. The molecule has 1 rings (SSSR count). The molecule has 0 radical (unpaired) electrons. The van der Waals surface area contributed by atoms with Crippen molar-refractivity contribution >= 4 is 40.9 Å². The molecule has 3 atom stereocenters. The quantitative estimate of drug-likeness (QED) is 0.121. The summed E-state index contributed by atoms with van der Waals surface area (Å²) in [5.41, 5.74) is -0.142. The van der Waals surface area contributed by atoms with Crippen LogP contribution < -0.4 is 16.1 Å². The number of carbonyl (C=O) groups excluding carboxylic acids is 3. The Hall–Kier alpha value is -1.95. The highest BCUT2D eigenvalue weighted by Gasteiger charge is 2.46. The van der Waals surface area contributed by atoms with E-state index in [1.165, 1.54) is 12.4 Å². The number of hydrogen-bond donors (Lipinski definition) is 6. The van der Waals surface area contributed by atoms with E-state index in [0.717, 1.165) is 0 Å². The molecule has 0 aliphatic carbocycles. The lowest BCUT2D eigenvalue weighted by molar-refractivity contribution is -0.159. The van der Waals surface area contributed by atoms with E-state index in [4.69, 9.17) is 38.3 Å². The van der Waals surface area contributed by atoms with Crippen molar-refractivity contribution in [2.45, 2.75) is 45.3 Å². The molecular weight excluding hydrogens is 489 g/mol. The summed E-state index contributed by atoms with van der Waals surface area (Å²) < 4.78 is 5.12. The molecule has 0 aromatic heterocycles. The minimum atomic E-state index is -2.19. The molecule has 0 aliphatic rings. The monoisotopic (exact) mass is 521 g/mol. The third-order valence-corrected chi connectivity index (χ3v) is 5.90. The summed E-state index contributed by atoms with van der Waals surface area (Å²) in [5, 5.41) is 34.7. The zero-order valence-electron chi connectivity index (χ0n) is 19.4. The van der Waals surface area contributed by atoms with Crippen LogP contribution in [0.3, 0.4) is 0 Å². The molecule has 10 nitrogen and oxygen atoms in total. The number of aliphatic hydroxyl groups excluding tert-OH is 1. The number of ether oxygens (including phenoxy) is 1. The van der Waals surface area contributed by atoms with Crippen molar-refractivity contribution in [1.29, 1.82) is 0 Å². The first-order valence-electron chi connectivity index (χ1n) is 10.8. The van der Waals surface area contributed by atoms with Crippen molar-refractivity contribution < 1.29 is 34.5 Å². The molecule has 0 aliphatic heterocycles. The van der Waals surface area contributed by atoms with Crippen LogP contribution in [-0.2, 0) is 25.5 Å². The third kappa shape index (κ3) is 9.01. The van der Waals surface area contributed by atoms with Gasteiger partial charge in [0, 0.05) is 13.0 Å². The van der Waals surface area contributed by atoms with Gasteiger partial charge in [0.25, 0.3) is 5.91 Å². The SMILES string of the molecule is CC(C)C[C@@](O)(C(=O)N[C@@H](Cc1ccc(Cl)c(Cl)c1)C(=O)NCCOCCO)[C@H](C)C(=O)NO. The van der Waals surface area contributed by atoms with Gasteiger partial charge in [0.15, 0.2) is 5.60 Å². The summed E-state index contributed by atoms with van der Waals surface area (Å²) in [4.78, 5) is 38.1. The lowest BCUT2D eigenvalue weighted by Crippen LogP contribution is -2.60. The molecule has 6 N–H and O–H groups in total. The van der Waals surface area contributed by atoms with E-state index < -0.39 is 35.3 Å². The van der Waals surface area contributed by atoms with E-state index in [-0.39, 0.29) is 50.1 Å². The molecular formula is C22H33Cl2N3O7. The van der Waals surface area contributed by atoms with Gasteiger partial charge >= 0.3 is 0 Å². The molecule has 0 bridgehead atoms. The summed E-state index contributed by atoms with van der Waals surface area (Å²) in [6, 6.07) is 3.63. The van der Waals surface area contributed by atoms with Crippen LogP contribution in [0.25, 0.3) is 0 Å². The first kappa shape index (κ1) is 30.1. The fourth-order valence-corrected chi connectivity index (χ4v) is 3.65. The number of rotatable bonds is 14. The van der Waals surface area contributed by atoms with Crippen LogP contribution in [0.4, 0.5) is 0 Å². The highest BCUT2D eigenvalue weighted by molar-refractivity contribution is 6.42. The fourth-order valence-electron chi connectivity index (χ4n) is 3.33. The Morgan fingerprint density at radius 1 is 1.09 bits per heavy atom. The van der Waals surface area contributed by atoms with E-state index in [9.17, 15) is 19.5 Å². The van der Waals surface area contributed by atoms with Gasteiger partial charge in [-0.1, -0.05) is 50.0 Å². The molecule has 34 heavy (non-hydrogen) atoms. The maximum atomic E-state index is 13.2. The Labute approximate surface area is 208 Å². The molecule has 0 heterocycles. The van der Waals surface area contributed by atoms with Crippen LogP contribution in [0.2, 0.25) is 10.0 Å². The zero-order chi connectivity index (χ0) is 25.9. The van der Waals surface area contributed by atoms with Crippen molar-refractivity contribution in [3.8, 4) is 0 Å². The molecule has 0 unspecified atom stereocenters. The Morgan fingerprint density at radius 3 is 2.32 bits per heavy atom. The van der Waals surface area contributed by atoms with E-state index in [2.05, 4.69) is 10.6 Å². The van der Waals surface area contributed by atoms with E-state index in [1.807, 2.05) is 0 Å². The Morgan fingerprint density at radius 2 is 1.76 bits per heavy atom. The van der Waals surface area contributed by atoms with Crippen molar-refractivity contribution in [3.63, 3.8) is 0 Å². The molecule has 3 amide bonds. The predicted molar refractivity (Wildman–Crippen MR) is 127 cm³/mol. The highest BCUT2D eigenvalue weighted by atomic mass is 35.5. The lowest BCUT2D eigenvalue weighted by atomic mass is 9.80. The van der Waals surface area contributed by atoms with Crippen LogP contribution in [0.15, 0.2) is 18.2 Å². The van der Waals surface area contributed by atoms with E-state index in [0.29, 0.717) is 10.6 Å². The van der Waals surface area contributed by atoms with Crippen LogP contribution >= 0.6 is 23.2 Å². The number of amides is 3. The summed E-state index contributed by atoms with van der Waals surface area (Å²) in [6.45, 7) is 5.05. The first-order chi connectivity index (χ1) is 16.0. The number of hydroxylamine groups is 1. The highest BCUT2D eigenvalue weighted by Crippen LogP contribution is 2.27. The molecule has 1 aromatic carbocycles. The Bertz CT molecular complexity index is 841. The van der Waals surface area contributed by atoms with Crippen molar-refractivity contribution in [2.75, 3.05) is 26.4 Å². The van der Waals surface area contributed by atoms with E-state index >= 15 is 0 Å². The van der Waals surface area contributed by atoms with Crippen LogP contribution in [0.5, 0.6) is 0 Å². The first-order valence-corrected chi connectivity index (χ1v) is 11.6. The average Bonchev–Trinajstić information content (AvgIpc) is 2.78. The molecule has 1 aromatic rings. The summed E-state index contributed by atoms with van der Waals surface area (Å²) in [6.07, 6.45) is -0.0756. The maximum absolute atomic E-state index is 13.2. The van der Waals surface area contributed by atoms with Gasteiger partial charge in [-0.05, 0) is 30.0 Å². The zero-order valence-corrected chi connectivity index (χ0v) is 20.9. The fraction of sp³-hybridized carbons (Fsp3) is 0.591. The Balaban J connectivity index is 3.14. The molecule has 0 spiro atoms. The van der Waals surface area contributed by atoms with Gasteiger partial charge in [0.1, 0.15) is 6.04 Å². The average molecular weight is 522 g/mol. The van der Waals surface area contributed by atoms with Crippen LogP contribution in [0, 0.1) is 11.8 Å². The smallest absolute Gasteiger partial charge is 0.253 e. The van der Waals surface area contributed by atoms with Crippen molar-refractivity contribution in [2.24, 2.45) is 11.8 Å². The van der Waals surface area contributed by atoms with Gasteiger partial charge in [-0.15, -0.1) is 0 Å². The summed E-state index contributed by atoms with van der Waals surface area (Å²) in [5.74, 6) is -3.92. The minimum absolute atomic E-state index is 0.0182. The molecule has 0 saturated carbocycles. The van der Waals surface area contributed by atoms with Gasteiger partial charge in [-0.2, -0.15) is 0 Å². The topological polar surface area (TPSA) is 157 Å². The lowest BCUT2D eigenvalue weighted by Gasteiger charge is -2.34. The van der Waals surface area contributed by atoms with Gasteiger partial charge in [-0.3, -0.25) is 19.6 Å². The summed E-state index contributed by atoms with van der Waals surface area (Å²) in [7, 11) is 0. The minimum Gasteiger partial charge on any atom is -0.394 e. The van der Waals surface area contributed by atoms with Crippen molar-refractivity contribution in [3.05, 3.63) is 33.8 Å². The van der Waals surface area contributed by atoms with Gasteiger partial charge in [-0.25, -0.2) is 5.48 Å². The second kappa shape index (κ2) is 14.4. The van der Waals surface area contributed by atoms with E-state index in [1.54, 1.807) is 32.0 Å². The number of halogens is 2. The molecule has 192 valence electrons.